The third kappa shape index (κ3) is 3.30. The molecule has 2 aliphatic rings. The maximum Gasteiger partial charge on any atom is 0.175 e. The molecular formula is C34H29NO2P2. The summed E-state index contributed by atoms with van der Waals surface area (Å²) in [4.78, 5) is 2.23. The van der Waals surface area contributed by atoms with Gasteiger partial charge in [-0.25, -0.2) is 0 Å². The van der Waals surface area contributed by atoms with Crippen molar-refractivity contribution in [3.8, 4) is 0 Å². The van der Waals surface area contributed by atoms with Gasteiger partial charge in [0.25, 0.3) is 0 Å². The van der Waals surface area contributed by atoms with Gasteiger partial charge in [0.1, 0.15) is 0 Å². The van der Waals surface area contributed by atoms with Gasteiger partial charge in [-0.05, 0) is 60.4 Å². The van der Waals surface area contributed by atoms with E-state index in [1.807, 2.05) is 78.9 Å². The molecule has 2 unspecified atom stereocenters. The Morgan fingerprint density at radius 2 is 0.949 bits per heavy atom. The molecule has 5 aromatic carbocycles. The molecule has 2 aliphatic heterocycles. The minimum atomic E-state index is -3.27. The number of hydrogen-bond acceptors (Lipinski definition) is 3. The first-order valence-corrected chi connectivity index (χ1v) is 17.0. The Kier molecular flexibility index (Phi) is 5.60. The predicted octanol–water partition coefficient (Wildman–Crippen LogP) is 6.19. The third-order valence-electron chi connectivity index (χ3n) is 8.19. The van der Waals surface area contributed by atoms with E-state index in [0.29, 0.717) is 0 Å². The van der Waals surface area contributed by atoms with Crippen LogP contribution in [0.2, 0.25) is 0 Å². The van der Waals surface area contributed by atoms with E-state index in [2.05, 4.69) is 55.1 Å². The number of aryl methyl sites for hydroxylation is 2. The monoisotopic (exact) mass is 545 g/mol. The average molecular weight is 546 g/mol. The maximum absolute atomic E-state index is 15.6. The van der Waals surface area contributed by atoms with Gasteiger partial charge in [0.2, 0.25) is 0 Å². The Morgan fingerprint density at radius 1 is 0.513 bits per heavy atom. The second kappa shape index (κ2) is 8.95. The first kappa shape index (κ1) is 24.4. The van der Waals surface area contributed by atoms with Gasteiger partial charge >= 0.3 is 0 Å². The number of nitrogens with zero attached hydrogens (tertiary/aromatic N) is 1. The Balaban J connectivity index is 1.66. The van der Waals surface area contributed by atoms with Gasteiger partial charge in [-0.15, -0.1) is 0 Å². The molecule has 0 radical (unpaired) electrons. The van der Waals surface area contributed by atoms with Crippen LogP contribution in [0.5, 0.6) is 0 Å². The van der Waals surface area contributed by atoms with Crippen molar-refractivity contribution in [1.82, 2.24) is 0 Å². The second-order valence-corrected chi connectivity index (χ2v) is 15.6. The molecule has 192 valence electrons. The molecule has 0 saturated heterocycles. The number of benzene rings is 5. The summed E-state index contributed by atoms with van der Waals surface area (Å²) < 4.78 is 31.3. The molecule has 0 spiro atoms. The van der Waals surface area contributed by atoms with E-state index >= 15 is 9.13 Å². The van der Waals surface area contributed by atoms with Crippen molar-refractivity contribution in [1.29, 1.82) is 0 Å². The number of hydrogen-bond donors (Lipinski definition) is 0. The zero-order valence-electron chi connectivity index (χ0n) is 22.0. The highest BCUT2D eigenvalue weighted by Crippen LogP contribution is 2.60. The fraction of sp³-hybridized carbons (Fsp3) is 0.118. The lowest BCUT2D eigenvalue weighted by molar-refractivity contribution is 0.592. The van der Waals surface area contributed by atoms with Crippen molar-refractivity contribution in [2.45, 2.75) is 26.7 Å². The van der Waals surface area contributed by atoms with Crippen molar-refractivity contribution in [2.75, 3.05) is 4.90 Å². The summed E-state index contributed by atoms with van der Waals surface area (Å²) in [6.45, 7) is 4.26. The van der Waals surface area contributed by atoms with Gasteiger partial charge in [-0.1, -0.05) is 92.7 Å². The van der Waals surface area contributed by atoms with Crippen molar-refractivity contribution >= 4 is 63.2 Å². The van der Waals surface area contributed by atoms with Crippen LogP contribution in [-0.2, 0) is 22.0 Å². The fourth-order valence-corrected chi connectivity index (χ4v) is 12.4. The van der Waals surface area contributed by atoms with Crippen LogP contribution >= 0.6 is 14.3 Å². The highest BCUT2D eigenvalue weighted by atomic mass is 31.2. The Bertz CT molecular complexity index is 1720. The molecule has 2 atom stereocenters. The fourth-order valence-electron chi connectivity index (χ4n) is 6.18. The molecule has 0 fully saturated rings. The molecule has 2 heterocycles. The number of rotatable bonds is 4. The molecule has 0 aromatic heterocycles. The second-order valence-electron chi connectivity index (χ2n) is 10.2. The van der Waals surface area contributed by atoms with Gasteiger partial charge in [0.15, 0.2) is 14.3 Å². The summed E-state index contributed by atoms with van der Waals surface area (Å²) >= 11 is 0. The molecule has 3 nitrogen and oxygen atoms in total. The van der Waals surface area contributed by atoms with E-state index in [1.54, 1.807) is 0 Å². The molecular weight excluding hydrogens is 516 g/mol. The van der Waals surface area contributed by atoms with Crippen molar-refractivity contribution < 1.29 is 9.13 Å². The topological polar surface area (TPSA) is 37.4 Å². The largest absolute Gasteiger partial charge is 0.308 e. The number of para-hydroxylation sites is 1. The maximum atomic E-state index is 15.6. The van der Waals surface area contributed by atoms with Gasteiger partial charge in [0.05, 0.1) is 17.1 Å². The van der Waals surface area contributed by atoms with Crippen LogP contribution < -0.4 is 36.7 Å². The van der Waals surface area contributed by atoms with Crippen LogP contribution in [0.15, 0.2) is 115 Å². The van der Waals surface area contributed by atoms with Crippen LogP contribution in [0.25, 0.3) is 0 Å². The number of fused-ring (bicyclic) bond motifs is 4. The van der Waals surface area contributed by atoms with Crippen LogP contribution in [0, 0.1) is 0 Å². The van der Waals surface area contributed by atoms with Crippen LogP contribution in [0.4, 0.5) is 17.1 Å². The molecule has 0 N–H and O–H groups in total. The first-order valence-electron chi connectivity index (χ1n) is 13.5. The van der Waals surface area contributed by atoms with E-state index < -0.39 is 14.3 Å². The molecule has 0 bridgehead atoms. The zero-order chi connectivity index (χ0) is 26.8. The van der Waals surface area contributed by atoms with Crippen molar-refractivity contribution in [3.63, 3.8) is 0 Å². The van der Waals surface area contributed by atoms with E-state index in [-0.39, 0.29) is 0 Å². The Hall–Kier alpha value is -3.64. The SMILES string of the molecule is CCc1ccc2c(c1)P(=O)(c1ccccc1)c1cccc3c1N2c1ccc(CC)cc1P3(=O)c1ccccc1. The van der Waals surface area contributed by atoms with E-state index in [1.165, 1.54) is 0 Å². The molecule has 5 aromatic rings. The van der Waals surface area contributed by atoms with Gasteiger partial charge in [-0.3, -0.25) is 0 Å². The van der Waals surface area contributed by atoms with E-state index in [4.69, 9.17) is 0 Å². The summed E-state index contributed by atoms with van der Waals surface area (Å²) in [5, 5.41) is 4.81. The van der Waals surface area contributed by atoms with Crippen LogP contribution in [0.3, 0.4) is 0 Å². The molecule has 7 rings (SSSR count). The van der Waals surface area contributed by atoms with Crippen LogP contribution in [0.1, 0.15) is 25.0 Å². The van der Waals surface area contributed by atoms with Crippen LogP contribution in [-0.4, -0.2) is 0 Å². The zero-order valence-corrected chi connectivity index (χ0v) is 23.8. The third-order valence-corrected chi connectivity index (χ3v) is 14.4. The predicted molar refractivity (Wildman–Crippen MR) is 166 cm³/mol. The van der Waals surface area contributed by atoms with E-state index in [0.717, 1.165) is 72.9 Å². The molecule has 0 saturated carbocycles. The summed E-state index contributed by atoms with van der Waals surface area (Å²) in [5.74, 6) is 0. The highest BCUT2D eigenvalue weighted by Gasteiger charge is 2.49. The molecule has 39 heavy (non-hydrogen) atoms. The number of anilines is 3. The lowest BCUT2D eigenvalue weighted by atomic mass is 10.1. The summed E-state index contributed by atoms with van der Waals surface area (Å²) in [5.41, 5.74) is 4.93. The normalized spacial score (nSPS) is 20.6. The quantitative estimate of drug-likeness (QED) is 0.248. The van der Waals surface area contributed by atoms with E-state index in [9.17, 15) is 0 Å². The van der Waals surface area contributed by atoms with Gasteiger partial charge in [-0.2, -0.15) is 0 Å². The smallest absolute Gasteiger partial charge is 0.175 e. The van der Waals surface area contributed by atoms with Gasteiger partial charge in [0, 0.05) is 31.8 Å². The summed E-state index contributed by atoms with van der Waals surface area (Å²) in [7, 11) is -6.53. The van der Waals surface area contributed by atoms with Crippen molar-refractivity contribution in [3.05, 3.63) is 126 Å². The average Bonchev–Trinajstić information content (AvgIpc) is 3.01. The molecule has 0 amide bonds. The first-order chi connectivity index (χ1) is 19.0. The lowest BCUT2D eigenvalue weighted by Crippen LogP contribution is -2.45. The Labute approximate surface area is 229 Å². The van der Waals surface area contributed by atoms with Crippen molar-refractivity contribution in [2.24, 2.45) is 0 Å². The summed E-state index contributed by atoms with van der Waals surface area (Å²) in [6.07, 6.45) is 1.71. The molecule has 0 aliphatic carbocycles. The minimum absolute atomic E-state index is 0.758. The highest BCUT2D eigenvalue weighted by molar-refractivity contribution is 7.88. The Morgan fingerprint density at radius 3 is 1.36 bits per heavy atom. The standard InChI is InChI=1S/C34H29NO2P2/c1-3-24-18-20-28-32(22-24)38(36,26-12-7-5-8-13-26)30-16-11-17-31-34(30)35(28)29-21-19-25(4-2)23-33(29)39(31,37)27-14-9-6-10-15-27/h5-23H,3-4H2,1-2H3. The lowest BCUT2D eigenvalue weighted by Gasteiger charge is -2.44. The molecule has 5 heteroatoms. The van der Waals surface area contributed by atoms with Gasteiger partial charge < -0.3 is 14.0 Å². The minimum Gasteiger partial charge on any atom is -0.308 e. The summed E-state index contributed by atoms with van der Waals surface area (Å²) in [6, 6.07) is 38.3.